The third kappa shape index (κ3) is 2.57. The first-order valence-corrected chi connectivity index (χ1v) is 8.14. The van der Waals surface area contributed by atoms with Crippen molar-refractivity contribution in [2.75, 3.05) is 18.1 Å². The number of aryl methyl sites for hydroxylation is 1. The summed E-state index contributed by atoms with van der Waals surface area (Å²) in [7, 11) is 0. The van der Waals surface area contributed by atoms with Crippen LogP contribution in [0.4, 0.5) is 0 Å². The lowest BCUT2D eigenvalue weighted by molar-refractivity contribution is 0.234. The Bertz CT molecular complexity index is 401. The van der Waals surface area contributed by atoms with E-state index in [1.165, 1.54) is 24.3 Å². The van der Waals surface area contributed by atoms with E-state index < -0.39 is 0 Å². The van der Waals surface area contributed by atoms with Crippen LogP contribution >= 0.6 is 11.8 Å². The van der Waals surface area contributed by atoms with Crippen molar-refractivity contribution in [3.05, 3.63) is 11.6 Å². The summed E-state index contributed by atoms with van der Waals surface area (Å²) in [4.78, 5) is 4.68. The Morgan fingerprint density at radius 2 is 2.11 bits per heavy atom. The average molecular weight is 267 g/mol. The quantitative estimate of drug-likeness (QED) is 0.908. The lowest BCUT2D eigenvalue weighted by Gasteiger charge is -2.19. The van der Waals surface area contributed by atoms with Crippen molar-refractivity contribution in [3.63, 3.8) is 0 Å². The molecule has 1 aromatic rings. The van der Waals surface area contributed by atoms with Crippen molar-refractivity contribution in [2.24, 2.45) is 5.92 Å². The number of thioether (sulfide) groups is 1. The lowest BCUT2D eigenvalue weighted by Crippen LogP contribution is -2.19. The minimum Gasteiger partial charge on any atom is -0.396 e. The van der Waals surface area contributed by atoms with Crippen LogP contribution in [-0.4, -0.2) is 38.0 Å². The van der Waals surface area contributed by atoms with Crippen LogP contribution in [0.25, 0.3) is 0 Å². The van der Waals surface area contributed by atoms with E-state index in [1.807, 2.05) is 4.68 Å². The topological polar surface area (TPSA) is 50.9 Å². The molecule has 4 nitrogen and oxygen atoms in total. The second kappa shape index (κ2) is 5.61. The number of hydrogen-bond donors (Lipinski definition) is 1. The van der Waals surface area contributed by atoms with Crippen LogP contribution in [0.1, 0.15) is 43.3 Å². The first-order valence-electron chi connectivity index (χ1n) is 6.99. The largest absolute Gasteiger partial charge is 0.396 e. The maximum atomic E-state index is 9.38. The first-order chi connectivity index (χ1) is 8.86. The van der Waals surface area contributed by atoms with Crippen LogP contribution in [0.5, 0.6) is 0 Å². The Balaban J connectivity index is 1.71. The fraction of sp³-hybridized carbons (Fsp3) is 0.846. The van der Waals surface area contributed by atoms with Gasteiger partial charge >= 0.3 is 0 Å². The van der Waals surface area contributed by atoms with E-state index in [1.54, 1.807) is 0 Å². The molecule has 0 radical (unpaired) electrons. The van der Waals surface area contributed by atoms with Gasteiger partial charge in [0, 0.05) is 18.9 Å². The molecular weight excluding hydrogens is 246 g/mol. The summed E-state index contributed by atoms with van der Waals surface area (Å²) in [6.07, 6.45) is 5.80. The molecular formula is C13H21N3OS. The highest BCUT2D eigenvalue weighted by molar-refractivity contribution is 7.99. The SMILES string of the molecule is OCC1CCCn2nc(CC3CCSCC3)nc21. The summed E-state index contributed by atoms with van der Waals surface area (Å²) in [6, 6.07) is 0. The second-order valence-electron chi connectivity index (χ2n) is 5.39. The summed E-state index contributed by atoms with van der Waals surface area (Å²) >= 11 is 2.06. The summed E-state index contributed by atoms with van der Waals surface area (Å²) in [6.45, 7) is 1.18. The maximum absolute atomic E-state index is 9.38. The molecule has 1 atom stereocenters. The number of rotatable bonds is 3. The third-order valence-electron chi connectivity index (χ3n) is 4.06. The standard InChI is InChI=1S/C13H21N3OS/c17-9-11-2-1-5-16-13(11)14-12(15-16)8-10-3-6-18-7-4-10/h10-11,17H,1-9H2. The molecule has 3 heterocycles. The summed E-state index contributed by atoms with van der Waals surface area (Å²) < 4.78 is 2.03. The van der Waals surface area contributed by atoms with Crippen LogP contribution < -0.4 is 0 Å². The minimum absolute atomic E-state index is 0.207. The van der Waals surface area contributed by atoms with Gasteiger partial charge in [-0.15, -0.1) is 0 Å². The molecule has 2 aliphatic heterocycles. The molecule has 0 amide bonds. The van der Waals surface area contributed by atoms with E-state index in [9.17, 15) is 5.11 Å². The van der Waals surface area contributed by atoms with E-state index >= 15 is 0 Å². The lowest BCUT2D eigenvalue weighted by atomic mass is 9.98. The molecule has 0 bridgehead atoms. The zero-order valence-corrected chi connectivity index (χ0v) is 11.5. The van der Waals surface area contributed by atoms with Crippen molar-refractivity contribution in [1.82, 2.24) is 14.8 Å². The smallest absolute Gasteiger partial charge is 0.151 e. The molecule has 1 saturated heterocycles. The summed E-state index contributed by atoms with van der Waals surface area (Å²) in [5, 5.41) is 14.0. The number of nitrogens with zero attached hydrogens (tertiary/aromatic N) is 3. The zero-order chi connectivity index (χ0) is 12.4. The highest BCUT2D eigenvalue weighted by Crippen LogP contribution is 2.28. The normalized spacial score (nSPS) is 25.1. The predicted molar refractivity (Wildman–Crippen MR) is 72.8 cm³/mol. The van der Waals surface area contributed by atoms with Gasteiger partial charge in [0.2, 0.25) is 0 Å². The molecule has 0 aliphatic carbocycles. The molecule has 2 aliphatic rings. The molecule has 0 aromatic carbocycles. The van der Waals surface area contributed by atoms with E-state index in [2.05, 4.69) is 21.8 Å². The van der Waals surface area contributed by atoms with E-state index in [4.69, 9.17) is 0 Å². The fourth-order valence-electron chi connectivity index (χ4n) is 2.95. The zero-order valence-electron chi connectivity index (χ0n) is 10.7. The van der Waals surface area contributed by atoms with Gasteiger partial charge in [-0.2, -0.15) is 16.9 Å². The number of hydrogen-bond acceptors (Lipinski definition) is 4. The van der Waals surface area contributed by atoms with Gasteiger partial charge in [0.1, 0.15) is 5.82 Å². The van der Waals surface area contributed by atoms with Gasteiger partial charge in [0.15, 0.2) is 5.82 Å². The molecule has 5 heteroatoms. The molecule has 1 unspecified atom stereocenters. The molecule has 1 fully saturated rings. The van der Waals surface area contributed by atoms with Crippen molar-refractivity contribution < 1.29 is 5.11 Å². The number of aromatic nitrogens is 3. The minimum atomic E-state index is 0.207. The Kier molecular flexibility index (Phi) is 3.89. The van der Waals surface area contributed by atoms with Crippen LogP contribution in [0, 0.1) is 5.92 Å². The van der Waals surface area contributed by atoms with Crippen LogP contribution in [0.15, 0.2) is 0 Å². The van der Waals surface area contributed by atoms with Gasteiger partial charge in [-0.25, -0.2) is 9.67 Å². The van der Waals surface area contributed by atoms with Crippen LogP contribution in [0.3, 0.4) is 0 Å². The third-order valence-corrected chi connectivity index (χ3v) is 5.11. The van der Waals surface area contributed by atoms with Crippen LogP contribution in [-0.2, 0) is 13.0 Å². The van der Waals surface area contributed by atoms with Gasteiger partial charge in [0.25, 0.3) is 0 Å². The highest BCUT2D eigenvalue weighted by atomic mass is 32.2. The first kappa shape index (κ1) is 12.5. The van der Waals surface area contributed by atoms with Gasteiger partial charge < -0.3 is 5.11 Å². The van der Waals surface area contributed by atoms with Crippen LogP contribution in [0.2, 0.25) is 0 Å². The molecule has 1 aromatic heterocycles. The van der Waals surface area contributed by atoms with E-state index in [0.29, 0.717) is 0 Å². The summed E-state index contributed by atoms with van der Waals surface area (Å²) in [5.41, 5.74) is 0. The van der Waals surface area contributed by atoms with E-state index in [0.717, 1.165) is 43.4 Å². The Hall–Kier alpha value is -0.550. The van der Waals surface area contributed by atoms with Crippen molar-refractivity contribution in [3.8, 4) is 0 Å². The van der Waals surface area contributed by atoms with Gasteiger partial charge in [-0.3, -0.25) is 0 Å². The average Bonchev–Trinajstić information content (AvgIpc) is 2.82. The van der Waals surface area contributed by atoms with Crippen molar-refractivity contribution in [1.29, 1.82) is 0 Å². The number of aliphatic hydroxyl groups is 1. The fourth-order valence-corrected chi connectivity index (χ4v) is 4.16. The Morgan fingerprint density at radius 1 is 1.28 bits per heavy atom. The molecule has 0 saturated carbocycles. The molecule has 1 N–H and O–H groups in total. The molecule has 0 spiro atoms. The Morgan fingerprint density at radius 3 is 2.89 bits per heavy atom. The van der Waals surface area contributed by atoms with Gasteiger partial charge in [0.05, 0.1) is 6.61 Å². The van der Waals surface area contributed by atoms with Gasteiger partial charge in [-0.1, -0.05) is 0 Å². The van der Waals surface area contributed by atoms with Gasteiger partial charge in [-0.05, 0) is 43.1 Å². The molecule has 3 rings (SSSR count). The second-order valence-corrected chi connectivity index (χ2v) is 6.62. The summed E-state index contributed by atoms with van der Waals surface area (Å²) in [5.74, 6) is 5.58. The number of aliphatic hydroxyl groups excluding tert-OH is 1. The van der Waals surface area contributed by atoms with Crippen molar-refractivity contribution in [2.45, 2.75) is 44.6 Å². The molecule has 18 heavy (non-hydrogen) atoms. The number of fused-ring (bicyclic) bond motifs is 1. The highest BCUT2D eigenvalue weighted by Gasteiger charge is 2.24. The monoisotopic (exact) mass is 267 g/mol. The van der Waals surface area contributed by atoms with E-state index in [-0.39, 0.29) is 12.5 Å². The van der Waals surface area contributed by atoms with Crippen molar-refractivity contribution >= 4 is 11.8 Å². The maximum Gasteiger partial charge on any atom is 0.151 e. The predicted octanol–water partition coefficient (Wildman–Crippen LogP) is 1.83. The Labute approximate surface area is 112 Å². The molecule has 100 valence electrons.